The zero-order chi connectivity index (χ0) is 19.1. The molecule has 0 saturated carbocycles. The first kappa shape index (κ1) is 16.6. The summed E-state index contributed by atoms with van der Waals surface area (Å²) >= 11 is 0. The minimum absolute atomic E-state index is 0.0537. The molecule has 5 heteroatoms. The molecule has 4 rings (SSSR count). The van der Waals surface area contributed by atoms with Crippen LogP contribution in [0.1, 0.15) is 0 Å². The van der Waals surface area contributed by atoms with E-state index in [4.69, 9.17) is 0 Å². The number of aromatic hydroxyl groups is 5. The molecule has 4 aromatic rings. The molecule has 0 fully saturated rings. The van der Waals surface area contributed by atoms with E-state index >= 15 is 0 Å². The Bertz CT molecular complexity index is 1160. The van der Waals surface area contributed by atoms with E-state index < -0.39 is 5.75 Å². The van der Waals surface area contributed by atoms with Gasteiger partial charge in [-0.1, -0.05) is 30.3 Å². The Hall–Kier alpha value is -3.86. The zero-order valence-corrected chi connectivity index (χ0v) is 14.1. The van der Waals surface area contributed by atoms with Gasteiger partial charge in [-0.25, -0.2) is 0 Å². The minimum atomic E-state index is -0.452. The largest absolute Gasteiger partial charge is 0.508 e. The van der Waals surface area contributed by atoms with E-state index in [-0.39, 0.29) is 34.1 Å². The van der Waals surface area contributed by atoms with Crippen molar-refractivity contribution in [1.29, 1.82) is 0 Å². The van der Waals surface area contributed by atoms with E-state index in [1.54, 1.807) is 30.3 Å². The maximum atomic E-state index is 10.5. The molecule has 0 aliphatic heterocycles. The smallest absolute Gasteiger partial charge is 0.169 e. The maximum Gasteiger partial charge on any atom is 0.169 e. The topological polar surface area (TPSA) is 101 Å². The summed E-state index contributed by atoms with van der Waals surface area (Å²) in [5.74, 6) is -0.848. The van der Waals surface area contributed by atoms with Gasteiger partial charge in [0, 0.05) is 5.56 Å². The summed E-state index contributed by atoms with van der Waals surface area (Å²) in [6.07, 6.45) is 0. The Labute approximate surface area is 154 Å². The number of fused-ring (bicyclic) bond motifs is 1. The second-order valence-electron chi connectivity index (χ2n) is 6.31. The van der Waals surface area contributed by atoms with Crippen molar-refractivity contribution in [3.8, 4) is 51.0 Å². The van der Waals surface area contributed by atoms with Crippen LogP contribution in [-0.2, 0) is 0 Å². The van der Waals surface area contributed by atoms with Crippen LogP contribution in [0.5, 0.6) is 28.7 Å². The van der Waals surface area contributed by atoms with Gasteiger partial charge in [-0.3, -0.25) is 0 Å². The first-order valence-corrected chi connectivity index (χ1v) is 8.24. The SMILES string of the molecule is Oc1ccc(-c2c(O)cc(-c3ccc4ccc(O)cc4c3)c(O)c2O)cc1. The third kappa shape index (κ3) is 2.85. The summed E-state index contributed by atoms with van der Waals surface area (Å²) in [5, 5.41) is 52.2. The highest BCUT2D eigenvalue weighted by atomic mass is 16.3. The molecule has 0 spiro atoms. The van der Waals surface area contributed by atoms with Crippen molar-refractivity contribution >= 4 is 10.8 Å². The Morgan fingerprint density at radius 3 is 1.85 bits per heavy atom. The molecule has 0 radical (unpaired) electrons. The lowest BCUT2D eigenvalue weighted by molar-refractivity contribution is 0.400. The van der Waals surface area contributed by atoms with Crippen molar-refractivity contribution in [1.82, 2.24) is 0 Å². The lowest BCUT2D eigenvalue weighted by atomic mass is 9.95. The highest BCUT2D eigenvalue weighted by molar-refractivity contribution is 5.92. The Balaban J connectivity index is 1.89. The fraction of sp³-hybridized carbons (Fsp3) is 0. The predicted octanol–water partition coefficient (Wildman–Crippen LogP) is 4.70. The molecular formula is C22H16O5. The second-order valence-corrected chi connectivity index (χ2v) is 6.31. The third-order valence-electron chi connectivity index (χ3n) is 4.54. The van der Waals surface area contributed by atoms with E-state index in [1.807, 2.05) is 6.07 Å². The van der Waals surface area contributed by atoms with Gasteiger partial charge in [-0.2, -0.15) is 0 Å². The van der Waals surface area contributed by atoms with Gasteiger partial charge in [0.15, 0.2) is 11.5 Å². The van der Waals surface area contributed by atoms with Crippen molar-refractivity contribution in [3.05, 3.63) is 66.7 Å². The number of hydrogen-bond donors (Lipinski definition) is 5. The Kier molecular flexibility index (Phi) is 3.78. The molecule has 0 atom stereocenters. The summed E-state index contributed by atoms with van der Waals surface area (Å²) in [6.45, 7) is 0. The number of rotatable bonds is 2. The quantitative estimate of drug-likeness (QED) is 0.263. The summed E-state index contributed by atoms with van der Waals surface area (Å²) in [7, 11) is 0. The monoisotopic (exact) mass is 360 g/mol. The first-order chi connectivity index (χ1) is 12.9. The number of phenols is 5. The van der Waals surface area contributed by atoms with Crippen LogP contribution in [0.15, 0.2) is 66.7 Å². The molecule has 0 bridgehead atoms. The van der Waals surface area contributed by atoms with Crippen molar-refractivity contribution in [2.24, 2.45) is 0 Å². The standard InChI is InChI=1S/C22H16O5/c23-16-6-4-13(5-7-16)20-19(25)11-18(21(26)22(20)27)14-2-1-12-3-8-17(24)10-15(12)9-14/h1-11,23-27H. The predicted molar refractivity (Wildman–Crippen MR) is 103 cm³/mol. The van der Waals surface area contributed by atoms with Gasteiger partial charge in [-0.15, -0.1) is 0 Å². The summed E-state index contributed by atoms with van der Waals surface area (Å²) in [6, 6.07) is 17.6. The lowest BCUT2D eigenvalue weighted by Gasteiger charge is -2.14. The molecule has 27 heavy (non-hydrogen) atoms. The van der Waals surface area contributed by atoms with Gasteiger partial charge in [-0.05, 0) is 58.3 Å². The zero-order valence-electron chi connectivity index (χ0n) is 14.1. The molecule has 0 heterocycles. The van der Waals surface area contributed by atoms with Crippen LogP contribution in [0.25, 0.3) is 33.0 Å². The van der Waals surface area contributed by atoms with Crippen LogP contribution >= 0.6 is 0 Å². The van der Waals surface area contributed by atoms with Crippen LogP contribution in [0.2, 0.25) is 0 Å². The van der Waals surface area contributed by atoms with Gasteiger partial charge >= 0.3 is 0 Å². The molecule has 5 N–H and O–H groups in total. The van der Waals surface area contributed by atoms with Crippen molar-refractivity contribution in [3.63, 3.8) is 0 Å². The maximum absolute atomic E-state index is 10.5. The fourth-order valence-electron chi connectivity index (χ4n) is 3.18. The van der Waals surface area contributed by atoms with E-state index in [2.05, 4.69) is 0 Å². The van der Waals surface area contributed by atoms with Crippen LogP contribution in [0.3, 0.4) is 0 Å². The molecular weight excluding hydrogens is 344 g/mol. The average Bonchev–Trinajstić information content (AvgIpc) is 2.65. The molecule has 0 amide bonds. The van der Waals surface area contributed by atoms with Gasteiger partial charge in [0.1, 0.15) is 17.2 Å². The summed E-state index contributed by atoms with van der Waals surface area (Å²) in [5.41, 5.74) is 1.37. The number of benzene rings is 4. The van der Waals surface area contributed by atoms with Gasteiger partial charge in [0.2, 0.25) is 0 Å². The number of phenolic OH excluding ortho intramolecular Hbond substituents is 5. The van der Waals surface area contributed by atoms with E-state index in [0.717, 1.165) is 10.8 Å². The minimum Gasteiger partial charge on any atom is -0.508 e. The molecule has 0 aliphatic rings. The van der Waals surface area contributed by atoms with Crippen LogP contribution in [-0.4, -0.2) is 25.5 Å². The first-order valence-electron chi connectivity index (χ1n) is 8.24. The van der Waals surface area contributed by atoms with Crippen molar-refractivity contribution in [2.75, 3.05) is 0 Å². The summed E-state index contributed by atoms with van der Waals surface area (Å²) in [4.78, 5) is 0. The Morgan fingerprint density at radius 2 is 1.11 bits per heavy atom. The van der Waals surface area contributed by atoms with Gasteiger partial charge < -0.3 is 25.5 Å². The van der Waals surface area contributed by atoms with Gasteiger partial charge in [0.25, 0.3) is 0 Å². The van der Waals surface area contributed by atoms with Crippen LogP contribution in [0.4, 0.5) is 0 Å². The fourth-order valence-corrected chi connectivity index (χ4v) is 3.18. The molecule has 134 valence electrons. The van der Waals surface area contributed by atoms with Gasteiger partial charge in [0.05, 0.1) is 5.56 Å². The van der Waals surface area contributed by atoms with Crippen LogP contribution in [0, 0.1) is 0 Å². The molecule has 4 aromatic carbocycles. The van der Waals surface area contributed by atoms with E-state index in [0.29, 0.717) is 11.1 Å². The Morgan fingerprint density at radius 1 is 0.481 bits per heavy atom. The third-order valence-corrected chi connectivity index (χ3v) is 4.54. The molecule has 0 saturated heterocycles. The van der Waals surface area contributed by atoms with Crippen molar-refractivity contribution in [2.45, 2.75) is 0 Å². The van der Waals surface area contributed by atoms with E-state index in [9.17, 15) is 25.5 Å². The van der Waals surface area contributed by atoms with E-state index in [1.165, 1.54) is 30.3 Å². The second kappa shape index (κ2) is 6.14. The lowest BCUT2D eigenvalue weighted by Crippen LogP contribution is -1.87. The normalized spacial score (nSPS) is 11.0. The molecule has 0 aliphatic carbocycles. The van der Waals surface area contributed by atoms with Crippen molar-refractivity contribution < 1.29 is 25.5 Å². The highest BCUT2D eigenvalue weighted by Crippen LogP contribution is 2.48. The highest BCUT2D eigenvalue weighted by Gasteiger charge is 2.19. The molecule has 5 nitrogen and oxygen atoms in total. The van der Waals surface area contributed by atoms with Crippen LogP contribution < -0.4 is 0 Å². The molecule has 0 unspecified atom stereocenters. The average molecular weight is 360 g/mol. The summed E-state index contributed by atoms with van der Waals surface area (Å²) < 4.78 is 0. The molecule has 0 aromatic heterocycles. The number of hydrogen-bond acceptors (Lipinski definition) is 5.